The van der Waals surface area contributed by atoms with Crippen LogP contribution in [0.15, 0.2) is 24.3 Å². The third-order valence-electron chi connectivity index (χ3n) is 4.01. The lowest BCUT2D eigenvalue weighted by Crippen LogP contribution is -2.56. The minimum absolute atomic E-state index is 0.142. The Morgan fingerprint density at radius 1 is 1.17 bits per heavy atom. The van der Waals surface area contributed by atoms with Gasteiger partial charge in [0.05, 0.1) is 0 Å². The van der Waals surface area contributed by atoms with Gasteiger partial charge in [0, 0.05) is 13.0 Å². The normalized spacial score (nSPS) is 18.2. The van der Waals surface area contributed by atoms with E-state index in [1.807, 2.05) is 24.3 Å². The number of carbonyl (C=O) groups is 3. The zero-order chi connectivity index (χ0) is 17.1. The van der Waals surface area contributed by atoms with Gasteiger partial charge in [-0.3, -0.25) is 0 Å². The molecule has 3 N–H and O–H groups in total. The Balaban J connectivity index is 2.23. The first kappa shape index (κ1) is 16.8. The van der Waals surface area contributed by atoms with Crippen LogP contribution in [0.25, 0.3) is 0 Å². The molecule has 2 rings (SSSR count). The van der Waals surface area contributed by atoms with Gasteiger partial charge < -0.3 is 20.4 Å². The molecule has 0 radical (unpaired) electrons. The number of fused-ring (bicyclic) bond motifs is 1. The molecule has 7 heteroatoms. The summed E-state index contributed by atoms with van der Waals surface area (Å²) in [5.74, 6) is -2.56. The van der Waals surface area contributed by atoms with Crippen molar-refractivity contribution in [2.45, 2.75) is 38.9 Å². The molecular weight excluding hydrogens is 300 g/mol. The highest BCUT2D eigenvalue weighted by Crippen LogP contribution is 2.23. The second-order valence-electron chi connectivity index (χ2n) is 5.96. The summed E-state index contributed by atoms with van der Waals surface area (Å²) in [7, 11) is 0. The first-order valence-electron chi connectivity index (χ1n) is 7.40. The van der Waals surface area contributed by atoms with Crippen LogP contribution in [0, 0.1) is 5.92 Å². The number of benzene rings is 1. The summed E-state index contributed by atoms with van der Waals surface area (Å²) < 4.78 is 0. The van der Waals surface area contributed by atoms with Crippen LogP contribution in [0.5, 0.6) is 0 Å². The van der Waals surface area contributed by atoms with Crippen LogP contribution in [0.2, 0.25) is 0 Å². The molecule has 0 fully saturated rings. The zero-order valence-electron chi connectivity index (χ0n) is 13.0. The van der Waals surface area contributed by atoms with Crippen LogP contribution in [-0.4, -0.2) is 45.2 Å². The average Bonchev–Trinajstić information content (AvgIpc) is 2.50. The molecule has 0 saturated heterocycles. The van der Waals surface area contributed by atoms with Gasteiger partial charge in [0.2, 0.25) is 0 Å². The van der Waals surface area contributed by atoms with E-state index in [1.165, 1.54) is 4.90 Å². The quantitative estimate of drug-likeness (QED) is 0.775. The van der Waals surface area contributed by atoms with Gasteiger partial charge >= 0.3 is 18.0 Å². The number of carboxylic acids is 2. The Labute approximate surface area is 133 Å². The van der Waals surface area contributed by atoms with Crippen molar-refractivity contribution in [3.63, 3.8) is 0 Å². The molecule has 1 aliphatic heterocycles. The molecule has 0 saturated carbocycles. The summed E-state index contributed by atoms with van der Waals surface area (Å²) >= 11 is 0. The Kier molecular flexibility index (Phi) is 4.88. The van der Waals surface area contributed by atoms with Crippen molar-refractivity contribution in [1.82, 2.24) is 10.2 Å². The smallest absolute Gasteiger partial charge is 0.326 e. The molecule has 1 aromatic carbocycles. The van der Waals surface area contributed by atoms with E-state index >= 15 is 0 Å². The lowest BCUT2D eigenvalue weighted by atomic mass is 9.94. The minimum atomic E-state index is -1.14. The molecule has 124 valence electrons. The maximum atomic E-state index is 12.4. The second-order valence-corrected chi connectivity index (χ2v) is 5.96. The summed E-state index contributed by atoms with van der Waals surface area (Å²) in [5.41, 5.74) is 1.76. The van der Waals surface area contributed by atoms with Crippen LogP contribution in [0.1, 0.15) is 25.0 Å². The molecule has 1 aliphatic rings. The van der Waals surface area contributed by atoms with Crippen molar-refractivity contribution in [1.29, 1.82) is 0 Å². The molecular formula is C16H20N2O5. The van der Waals surface area contributed by atoms with E-state index < -0.39 is 30.1 Å². The van der Waals surface area contributed by atoms with Gasteiger partial charge in [0.25, 0.3) is 0 Å². The maximum Gasteiger partial charge on any atom is 0.326 e. The first-order valence-corrected chi connectivity index (χ1v) is 7.40. The molecule has 2 atom stereocenters. The van der Waals surface area contributed by atoms with E-state index in [9.17, 15) is 24.6 Å². The van der Waals surface area contributed by atoms with E-state index in [2.05, 4.69) is 5.32 Å². The van der Waals surface area contributed by atoms with Gasteiger partial charge in [0.15, 0.2) is 0 Å². The number of nitrogens with zero attached hydrogens (tertiary/aromatic N) is 1. The summed E-state index contributed by atoms with van der Waals surface area (Å²) in [6, 6.07) is 4.59. The number of nitrogens with one attached hydrogen (secondary N) is 1. The molecule has 1 heterocycles. The number of amides is 2. The monoisotopic (exact) mass is 320 g/mol. The molecule has 0 aliphatic carbocycles. The third-order valence-corrected chi connectivity index (χ3v) is 4.01. The summed E-state index contributed by atoms with van der Waals surface area (Å²) in [6.45, 7) is 3.50. The summed E-state index contributed by atoms with van der Waals surface area (Å²) in [5, 5.41) is 21.0. The van der Waals surface area contributed by atoms with E-state index in [0.29, 0.717) is 0 Å². The van der Waals surface area contributed by atoms with Crippen LogP contribution < -0.4 is 5.32 Å². The second kappa shape index (κ2) is 6.68. The predicted octanol–water partition coefficient (Wildman–Crippen LogP) is 1.32. The van der Waals surface area contributed by atoms with Crippen LogP contribution in [0.4, 0.5) is 4.79 Å². The highest BCUT2D eigenvalue weighted by molar-refractivity contribution is 5.86. The van der Waals surface area contributed by atoms with E-state index in [4.69, 9.17) is 0 Å². The Hall–Kier alpha value is -2.57. The fraction of sp³-hybridized carbons (Fsp3) is 0.438. The topological polar surface area (TPSA) is 107 Å². The Bertz CT molecular complexity index is 629. The van der Waals surface area contributed by atoms with Crippen molar-refractivity contribution in [2.24, 2.45) is 5.92 Å². The molecule has 2 unspecified atom stereocenters. The number of urea groups is 1. The van der Waals surface area contributed by atoms with Gasteiger partial charge in [-0.1, -0.05) is 38.1 Å². The van der Waals surface area contributed by atoms with Gasteiger partial charge in [0.1, 0.15) is 12.1 Å². The minimum Gasteiger partial charge on any atom is -0.480 e. The number of carboxylic acid groups (broad SMARTS) is 2. The molecule has 1 aromatic rings. The zero-order valence-corrected chi connectivity index (χ0v) is 13.0. The molecule has 23 heavy (non-hydrogen) atoms. The molecule has 0 spiro atoms. The lowest BCUT2D eigenvalue weighted by molar-refractivity contribution is -0.142. The van der Waals surface area contributed by atoms with Crippen molar-refractivity contribution >= 4 is 18.0 Å². The Morgan fingerprint density at radius 2 is 1.78 bits per heavy atom. The third kappa shape index (κ3) is 3.61. The van der Waals surface area contributed by atoms with Crippen LogP contribution >= 0.6 is 0 Å². The van der Waals surface area contributed by atoms with Crippen LogP contribution in [0.3, 0.4) is 0 Å². The maximum absolute atomic E-state index is 12.4. The first-order chi connectivity index (χ1) is 10.8. The van der Waals surface area contributed by atoms with E-state index in [1.54, 1.807) is 13.8 Å². The lowest BCUT2D eigenvalue weighted by Gasteiger charge is -2.35. The predicted molar refractivity (Wildman–Crippen MR) is 81.9 cm³/mol. The molecule has 2 amide bonds. The number of hydrogen-bond acceptors (Lipinski definition) is 3. The molecule has 0 aromatic heterocycles. The van der Waals surface area contributed by atoms with Gasteiger partial charge in [-0.15, -0.1) is 0 Å². The fourth-order valence-electron chi connectivity index (χ4n) is 2.69. The van der Waals surface area contributed by atoms with Crippen molar-refractivity contribution < 1.29 is 24.6 Å². The van der Waals surface area contributed by atoms with E-state index in [-0.39, 0.29) is 18.9 Å². The fourth-order valence-corrected chi connectivity index (χ4v) is 2.69. The van der Waals surface area contributed by atoms with Gasteiger partial charge in [-0.2, -0.15) is 0 Å². The standard InChI is InChI=1S/C16H20N2O5/c1-9(2)13(15(21)22)17-16(23)18-8-11-6-4-3-5-10(11)7-12(18)14(19)20/h3-6,9,12-13H,7-8H2,1-2H3,(H,17,23)(H,19,20)(H,21,22). The highest BCUT2D eigenvalue weighted by atomic mass is 16.4. The van der Waals surface area contributed by atoms with Crippen molar-refractivity contribution in [3.8, 4) is 0 Å². The average molecular weight is 320 g/mol. The van der Waals surface area contributed by atoms with Crippen LogP contribution in [-0.2, 0) is 22.6 Å². The number of rotatable bonds is 4. The van der Waals surface area contributed by atoms with Gasteiger partial charge in [-0.05, 0) is 17.0 Å². The Morgan fingerprint density at radius 3 is 2.30 bits per heavy atom. The largest absolute Gasteiger partial charge is 0.480 e. The summed E-state index contributed by atoms with van der Waals surface area (Å²) in [4.78, 5) is 36.3. The van der Waals surface area contributed by atoms with Crippen molar-refractivity contribution in [2.75, 3.05) is 0 Å². The SMILES string of the molecule is CC(C)C(NC(=O)N1Cc2ccccc2CC1C(=O)O)C(=O)O. The van der Waals surface area contributed by atoms with Crippen molar-refractivity contribution in [3.05, 3.63) is 35.4 Å². The molecule has 0 bridgehead atoms. The van der Waals surface area contributed by atoms with Gasteiger partial charge in [-0.25, -0.2) is 14.4 Å². The summed E-state index contributed by atoms with van der Waals surface area (Å²) in [6.07, 6.45) is 0.207. The number of hydrogen-bond donors (Lipinski definition) is 3. The number of carbonyl (C=O) groups excluding carboxylic acids is 1. The molecule has 7 nitrogen and oxygen atoms in total. The number of aliphatic carboxylic acids is 2. The highest BCUT2D eigenvalue weighted by Gasteiger charge is 2.36. The van der Waals surface area contributed by atoms with E-state index in [0.717, 1.165) is 11.1 Å².